The van der Waals surface area contributed by atoms with Crippen molar-refractivity contribution in [3.63, 3.8) is 0 Å². The highest BCUT2D eigenvalue weighted by Gasteiger charge is 2.06. The smallest absolute Gasteiger partial charge is 0.300 e. The van der Waals surface area contributed by atoms with Crippen LogP contribution in [0.15, 0.2) is 64.1 Å². The second-order valence-electron chi connectivity index (χ2n) is 4.28. The Bertz CT molecular complexity index is 800. The van der Waals surface area contributed by atoms with Gasteiger partial charge in [0.05, 0.1) is 6.20 Å². The van der Waals surface area contributed by atoms with Crippen LogP contribution in [0.1, 0.15) is 5.56 Å². The predicted molar refractivity (Wildman–Crippen MR) is 79.9 cm³/mol. The van der Waals surface area contributed by atoms with Crippen LogP contribution < -0.4 is 10.3 Å². The minimum atomic E-state index is -0.216. The molecule has 100 valence electrons. The first-order valence-corrected chi connectivity index (χ1v) is 6.87. The number of nitrogens with zero attached hydrogens (tertiary/aromatic N) is 2. The predicted octanol–water partition coefficient (Wildman–Crippen LogP) is 3.04. The lowest BCUT2D eigenvalue weighted by Gasteiger charge is -2.07. The van der Waals surface area contributed by atoms with Crippen molar-refractivity contribution in [1.82, 2.24) is 9.38 Å². The van der Waals surface area contributed by atoms with Crippen LogP contribution in [0, 0.1) is 0 Å². The van der Waals surface area contributed by atoms with Crippen molar-refractivity contribution in [2.75, 3.05) is 0 Å². The van der Waals surface area contributed by atoms with Crippen LogP contribution >= 0.6 is 15.9 Å². The second kappa shape index (κ2) is 5.46. The van der Waals surface area contributed by atoms with Crippen LogP contribution in [0.4, 0.5) is 0 Å². The van der Waals surface area contributed by atoms with Gasteiger partial charge in [-0.25, -0.2) is 4.98 Å². The molecule has 0 aliphatic rings. The molecule has 2 aromatic heterocycles. The molecule has 0 radical (unpaired) electrons. The van der Waals surface area contributed by atoms with Crippen molar-refractivity contribution >= 4 is 21.6 Å². The number of fused-ring (bicyclic) bond motifs is 1. The first-order chi connectivity index (χ1) is 9.74. The number of halogens is 1. The Hall–Kier alpha value is -2.14. The van der Waals surface area contributed by atoms with E-state index in [-0.39, 0.29) is 11.3 Å². The van der Waals surface area contributed by atoms with Crippen LogP contribution in [-0.4, -0.2) is 9.38 Å². The highest BCUT2D eigenvalue weighted by Crippen LogP contribution is 2.12. The molecule has 0 bridgehead atoms. The average Bonchev–Trinajstić information content (AvgIpc) is 2.48. The zero-order valence-corrected chi connectivity index (χ0v) is 12.1. The van der Waals surface area contributed by atoms with Crippen molar-refractivity contribution in [2.45, 2.75) is 6.61 Å². The largest absolute Gasteiger partial charge is 0.482 e. The summed E-state index contributed by atoms with van der Waals surface area (Å²) in [6.45, 7) is 0.345. The monoisotopic (exact) mass is 330 g/mol. The minimum absolute atomic E-state index is 0.216. The number of benzene rings is 1. The fourth-order valence-corrected chi connectivity index (χ4v) is 2.20. The van der Waals surface area contributed by atoms with E-state index in [9.17, 15) is 4.79 Å². The van der Waals surface area contributed by atoms with E-state index in [1.54, 1.807) is 12.3 Å². The van der Waals surface area contributed by atoms with E-state index in [1.807, 2.05) is 36.4 Å². The zero-order chi connectivity index (χ0) is 13.9. The van der Waals surface area contributed by atoms with Gasteiger partial charge in [0.2, 0.25) is 5.75 Å². The lowest BCUT2D eigenvalue weighted by atomic mass is 10.2. The number of aromatic nitrogens is 2. The molecule has 0 fully saturated rings. The molecule has 0 N–H and O–H groups in total. The van der Waals surface area contributed by atoms with Gasteiger partial charge in [0.25, 0.3) is 5.56 Å². The van der Waals surface area contributed by atoms with Gasteiger partial charge in [-0.05, 0) is 33.6 Å². The molecule has 20 heavy (non-hydrogen) atoms. The molecule has 1 aromatic carbocycles. The van der Waals surface area contributed by atoms with E-state index in [2.05, 4.69) is 20.9 Å². The Morgan fingerprint density at radius 3 is 2.75 bits per heavy atom. The third-order valence-corrected chi connectivity index (χ3v) is 3.34. The molecule has 0 saturated heterocycles. The molecule has 0 amide bonds. The summed E-state index contributed by atoms with van der Waals surface area (Å²) in [6.07, 6.45) is 3.15. The molecule has 0 atom stereocenters. The van der Waals surface area contributed by atoms with Crippen molar-refractivity contribution in [3.05, 3.63) is 75.2 Å². The van der Waals surface area contributed by atoms with Gasteiger partial charge in [-0.1, -0.05) is 30.3 Å². The van der Waals surface area contributed by atoms with Crippen molar-refractivity contribution in [3.8, 4) is 5.75 Å². The topological polar surface area (TPSA) is 43.6 Å². The van der Waals surface area contributed by atoms with Crippen molar-refractivity contribution < 1.29 is 4.74 Å². The van der Waals surface area contributed by atoms with E-state index < -0.39 is 0 Å². The summed E-state index contributed by atoms with van der Waals surface area (Å²) in [4.78, 5) is 16.5. The Kier molecular flexibility index (Phi) is 3.52. The molecule has 0 aliphatic carbocycles. The van der Waals surface area contributed by atoms with Gasteiger partial charge in [0.1, 0.15) is 12.3 Å². The first-order valence-electron chi connectivity index (χ1n) is 6.08. The molecule has 2 heterocycles. The highest BCUT2D eigenvalue weighted by molar-refractivity contribution is 9.10. The molecule has 3 aromatic rings. The SMILES string of the molecule is O=c1c(OCc2ccccc2)cnc2ccc(Br)cn12. The quantitative estimate of drug-likeness (QED) is 0.741. The van der Waals surface area contributed by atoms with Crippen LogP contribution in [-0.2, 0) is 6.61 Å². The highest BCUT2D eigenvalue weighted by atomic mass is 79.9. The molecular weight excluding hydrogens is 320 g/mol. The number of hydrogen-bond donors (Lipinski definition) is 0. The second-order valence-corrected chi connectivity index (χ2v) is 5.19. The molecule has 0 saturated carbocycles. The third-order valence-electron chi connectivity index (χ3n) is 2.87. The number of pyridine rings is 1. The summed E-state index contributed by atoms with van der Waals surface area (Å²) in [5, 5.41) is 0. The molecular formula is C15H11BrN2O2. The summed E-state index contributed by atoms with van der Waals surface area (Å²) in [7, 11) is 0. The van der Waals surface area contributed by atoms with E-state index in [1.165, 1.54) is 10.6 Å². The van der Waals surface area contributed by atoms with E-state index in [4.69, 9.17) is 4.74 Å². The van der Waals surface area contributed by atoms with Gasteiger partial charge in [-0.3, -0.25) is 9.20 Å². The van der Waals surface area contributed by atoms with Gasteiger partial charge in [-0.2, -0.15) is 0 Å². The fraction of sp³-hybridized carbons (Fsp3) is 0.0667. The van der Waals surface area contributed by atoms with E-state index in [0.717, 1.165) is 10.0 Å². The van der Waals surface area contributed by atoms with Gasteiger partial charge in [0.15, 0.2) is 0 Å². The van der Waals surface area contributed by atoms with Crippen LogP contribution in [0.3, 0.4) is 0 Å². The lowest BCUT2D eigenvalue weighted by Crippen LogP contribution is -2.17. The average molecular weight is 331 g/mol. The number of hydrogen-bond acceptors (Lipinski definition) is 3. The maximum absolute atomic E-state index is 12.3. The normalized spacial score (nSPS) is 10.7. The van der Waals surface area contributed by atoms with Gasteiger partial charge < -0.3 is 4.74 Å². The Morgan fingerprint density at radius 2 is 1.95 bits per heavy atom. The van der Waals surface area contributed by atoms with E-state index >= 15 is 0 Å². The standard InChI is InChI=1S/C15H11BrN2O2/c16-12-6-7-14-17-8-13(15(19)18(14)9-12)20-10-11-4-2-1-3-5-11/h1-9H,10H2. The van der Waals surface area contributed by atoms with Gasteiger partial charge in [-0.15, -0.1) is 0 Å². The molecule has 0 unspecified atom stereocenters. The zero-order valence-electron chi connectivity index (χ0n) is 10.5. The van der Waals surface area contributed by atoms with E-state index in [0.29, 0.717) is 12.3 Å². The van der Waals surface area contributed by atoms with Crippen LogP contribution in [0.2, 0.25) is 0 Å². The summed E-state index contributed by atoms with van der Waals surface area (Å²) < 4.78 is 7.84. The Morgan fingerprint density at radius 1 is 1.15 bits per heavy atom. The van der Waals surface area contributed by atoms with Crippen LogP contribution in [0.25, 0.3) is 5.65 Å². The summed E-state index contributed by atoms with van der Waals surface area (Å²) in [6, 6.07) is 13.3. The Labute approximate surface area is 123 Å². The maximum atomic E-state index is 12.3. The van der Waals surface area contributed by atoms with Crippen LogP contribution in [0.5, 0.6) is 5.75 Å². The van der Waals surface area contributed by atoms with Gasteiger partial charge >= 0.3 is 0 Å². The van der Waals surface area contributed by atoms with Crippen molar-refractivity contribution in [2.24, 2.45) is 0 Å². The fourth-order valence-electron chi connectivity index (χ4n) is 1.87. The molecule has 3 rings (SSSR count). The lowest BCUT2D eigenvalue weighted by molar-refractivity contribution is 0.300. The van der Waals surface area contributed by atoms with Crippen molar-refractivity contribution in [1.29, 1.82) is 0 Å². The maximum Gasteiger partial charge on any atom is 0.300 e. The molecule has 0 spiro atoms. The summed E-state index contributed by atoms with van der Waals surface area (Å²) >= 11 is 3.34. The third kappa shape index (κ3) is 2.58. The minimum Gasteiger partial charge on any atom is -0.482 e. The molecule has 0 aliphatic heterocycles. The van der Waals surface area contributed by atoms with Gasteiger partial charge in [0, 0.05) is 10.7 Å². The molecule has 4 nitrogen and oxygen atoms in total. The number of ether oxygens (including phenoxy) is 1. The molecule has 5 heteroatoms. The summed E-state index contributed by atoms with van der Waals surface area (Å²) in [5.74, 6) is 0.240. The number of rotatable bonds is 3. The summed E-state index contributed by atoms with van der Waals surface area (Å²) in [5.41, 5.74) is 1.38. The first kappa shape index (κ1) is 12.9. The Balaban J connectivity index is 1.92.